The average Bonchev–Trinajstić information content (AvgIpc) is 2.38. The third kappa shape index (κ3) is 5.03. The minimum atomic E-state index is 0.116. The lowest BCUT2D eigenvalue weighted by atomic mass is 10.1. The monoisotopic (exact) mass is 239 g/mol. The van der Waals surface area contributed by atoms with Gasteiger partial charge in [0.05, 0.1) is 12.1 Å². The fourth-order valence-electron chi connectivity index (χ4n) is 2.31. The third-order valence-corrected chi connectivity index (χ3v) is 3.46. The second-order valence-corrected chi connectivity index (χ2v) is 4.63. The van der Waals surface area contributed by atoms with Gasteiger partial charge in [0, 0.05) is 39.9 Å². The van der Waals surface area contributed by atoms with Gasteiger partial charge in [0.15, 0.2) is 0 Å². The molecular weight excluding hydrogens is 214 g/mol. The molecule has 0 aromatic carbocycles. The van der Waals surface area contributed by atoms with Crippen molar-refractivity contribution in [2.45, 2.75) is 32.2 Å². The van der Waals surface area contributed by atoms with Crippen LogP contribution in [0.2, 0.25) is 0 Å². The second kappa shape index (κ2) is 8.46. The fourth-order valence-corrected chi connectivity index (χ4v) is 2.31. The van der Waals surface area contributed by atoms with Crippen LogP contribution in [0.5, 0.6) is 0 Å². The lowest BCUT2D eigenvalue weighted by Crippen LogP contribution is -2.49. The van der Waals surface area contributed by atoms with Crippen LogP contribution in [-0.4, -0.2) is 62.3 Å². The number of hydrogen-bond donors (Lipinski definition) is 0. The van der Waals surface area contributed by atoms with Gasteiger partial charge in [-0.1, -0.05) is 6.92 Å². The summed E-state index contributed by atoms with van der Waals surface area (Å²) in [4.78, 5) is 4.81. The first kappa shape index (κ1) is 14.4. The number of piperazine rings is 1. The Hall–Kier alpha value is -0.630. The summed E-state index contributed by atoms with van der Waals surface area (Å²) in [7, 11) is 1.76. The smallest absolute Gasteiger partial charge is 0.0976 e. The summed E-state index contributed by atoms with van der Waals surface area (Å²) in [5, 5.41) is 9.03. The topological polar surface area (TPSA) is 39.5 Å². The highest BCUT2D eigenvalue weighted by Gasteiger charge is 2.21. The molecule has 1 aliphatic rings. The molecule has 98 valence electrons. The molecule has 4 heteroatoms. The van der Waals surface area contributed by atoms with Crippen molar-refractivity contribution in [2.75, 3.05) is 46.4 Å². The van der Waals surface area contributed by atoms with Crippen LogP contribution in [0.4, 0.5) is 0 Å². The maximum Gasteiger partial charge on any atom is 0.0976 e. The summed E-state index contributed by atoms with van der Waals surface area (Å²) in [5.41, 5.74) is 0. The van der Waals surface area contributed by atoms with Gasteiger partial charge in [-0.3, -0.25) is 4.90 Å². The second-order valence-electron chi connectivity index (χ2n) is 4.63. The molecule has 0 aromatic rings. The Morgan fingerprint density at radius 2 is 1.94 bits per heavy atom. The molecule has 1 saturated heterocycles. The van der Waals surface area contributed by atoms with Crippen molar-refractivity contribution in [1.29, 1.82) is 5.26 Å². The Bertz CT molecular complexity index is 231. The molecule has 0 bridgehead atoms. The maximum absolute atomic E-state index is 9.03. The number of nitrogens with zero attached hydrogens (tertiary/aromatic N) is 3. The molecule has 1 atom stereocenters. The zero-order valence-corrected chi connectivity index (χ0v) is 11.2. The van der Waals surface area contributed by atoms with Crippen molar-refractivity contribution in [3.05, 3.63) is 0 Å². The SMILES string of the molecule is CCC(C#N)N1CCN(CCCCOC)CC1. The number of ether oxygens (including phenoxy) is 1. The predicted molar refractivity (Wildman–Crippen MR) is 68.8 cm³/mol. The van der Waals surface area contributed by atoms with Crippen molar-refractivity contribution in [2.24, 2.45) is 0 Å². The molecule has 4 nitrogen and oxygen atoms in total. The van der Waals surface area contributed by atoms with Crippen molar-refractivity contribution in [3.63, 3.8) is 0 Å². The van der Waals surface area contributed by atoms with Crippen molar-refractivity contribution >= 4 is 0 Å². The van der Waals surface area contributed by atoms with E-state index in [9.17, 15) is 0 Å². The van der Waals surface area contributed by atoms with E-state index in [0.717, 1.165) is 45.6 Å². The van der Waals surface area contributed by atoms with E-state index in [1.807, 2.05) is 0 Å². The van der Waals surface area contributed by atoms with Crippen LogP contribution < -0.4 is 0 Å². The summed E-state index contributed by atoms with van der Waals surface area (Å²) in [5.74, 6) is 0. The minimum Gasteiger partial charge on any atom is -0.385 e. The average molecular weight is 239 g/mol. The van der Waals surface area contributed by atoms with Gasteiger partial charge in [0.25, 0.3) is 0 Å². The van der Waals surface area contributed by atoms with Crippen molar-refractivity contribution in [3.8, 4) is 6.07 Å². The molecule has 0 amide bonds. The zero-order chi connectivity index (χ0) is 12.5. The van der Waals surface area contributed by atoms with E-state index in [-0.39, 0.29) is 6.04 Å². The first-order valence-electron chi connectivity index (χ1n) is 6.66. The normalized spacial score (nSPS) is 20.1. The molecule has 1 unspecified atom stereocenters. The van der Waals surface area contributed by atoms with Crippen LogP contribution in [0, 0.1) is 11.3 Å². The predicted octanol–water partition coefficient (Wildman–Crippen LogP) is 1.33. The van der Waals surface area contributed by atoms with Gasteiger partial charge in [-0.15, -0.1) is 0 Å². The summed E-state index contributed by atoms with van der Waals surface area (Å²) in [6.07, 6.45) is 3.29. The van der Waals surface area contributed by atoms with Crippen molar-refractivity contribution in [1.82, 2.24) is 9.80 Å². The summed E-state index contributed by atoms with van der Waals surface area (Å²) < 4.78 is 5.05. The first-order chi connectivity index (χ1) is 8.31. The Balaban J connectivity index is 2.15. The lowest BCUT2D eigenvalue weighted by Gasteiger charge is -2.36. The van der Waals surface area contributed by atoms with Gasteiger partial charge in [0.2, 0.25) is 0 Å². The molecule has 0 radical (unpaired) electrons. The van der Waals surface area contributed by atoms with E-state index in [1.165, 1.54) is 13.0 Å². The molecule has 1 rings (SSSR count). The number of nitriles is 1. The number of hydrogen-bond acceptors (Lipinski definition) is 4. The molecule has 17 heavy (non-hydrogen) atoms. The molecule has 0 N–H and O–H groups in total. The van der Waals surface area contributed by atoms with Gasteiger partial charge >= 0.3 is 0 Å². The Labute approximate surface area is 105 Å². The standard InChI is InChI=1S/C13H25N3O/c1-3-13(12-14)16-9-7-15(8-10-16)6-4-5-11-17-2/h13H,3-11H2,1-2H3. The molecule has 0 saturated carbocycles. The van der Waals surface area contributed by atoms with Crippen LogP contribution in [0.15, 0.2) is 0 Å². The summed E-state index contributed by atoms with van der Waals surface area (Å²) in [6, 6.07) is 2.50. The fraction of sp³-hybridized carbons (Fsp3) is 0.923. The van der Waals surface area contributed by atoms with E-state index in [2.05, 4.69) is 22.8 Å². The zero-order valence-electron chi connectivity index (χ0n) is 11.2. The number of methoxy groups -OCH3 is 1. The Morgan fingerprint density at radius 1 is 1.24 bits per heavy atom. The summed E-state index contributed by atoms with van der Waals surface area (Å²) >= 11 is 0. The van der Waals surface area contributed by atoms with Crippen LogP contribution >= 0.6 is 0 Å². The highest BCUT2D eigenvalue weighted by Crippen LogP contribution is 2.09. The van der Waals surface area contributed by atoms with Crippen molar-refractivity contribution < 1.29 is 4.74 Å². The molecule has 1 aliphatic heterocycles. The summed E-state index contributed by atoms with van der Waals surface area (Å²) in [6.45, 7) is 8.40. The van der Waals surface area contributed by atoms with Gasteiger partial charge in [-0.25, -0.2) is 0 Å². The first-order valence-corrected chi connectivity index (χ1v) is 6.66. The molecule has 1 heterocycles. The number of rotatable bonds is 7. The quantitative estimate of drug-likeness (QED) is 0.628. The molecule has 0 spiro atoms. The molecule has 1 fully saturated rings. The van der Waals surface area contributed by atoms with Gasteiger partial charge < -0.3 is 9.64 Å². The van der Waals surface area contributed by atoms with E-state index in [1.54, 1.807) is 7.11 Å². The number of unbranched alkanes of at least 4 members (excludes halogenated alkanes) is 1. The van der Waals surface area contributed by atoms with Crippen LogP contribution in [0.1, 0.15) is 26.2 Å². The van der Waals surface area contributed by atoms with E-state index >= 15 is 0 Å². The highest BCUT2D eigenvalue weighted by atomic mass is 16.5. The van der Waals surface area contributed by atoms with Crippen LogP contribution in [0.3, 0.4) is 0 Å². The molecule has 0 aromatic heterocycles. The minimum absolute atomic E-state index is 0.116. The highest BCUT2D eigenvalue weighted by molar-refractivity contribution is 4.92. The maximum atomic E-state index is 9.03. The van der Waals surface area contributed by atoms with E-state index < -0.39 is 0 Å². The molecule has 0 aliphatic carbocycles. The third-order valence-electron chi connectivity index (χ3n) is 3.46. The Morgan fingerprint density at radius 3 is 2.47 bits per heavy atom. The van der Waals surface area contributed by atoms with Gasteiger partial charge in [-0.05, 0) is 25.8 Å². The van der Waals surface area contributed by atoms with E-state index in [0.29, 0.717) is 0 Å². The van der Waals surface area contributed by atoms with Gasteiger partial charge in [0.1, 0.15) is 0 Å². The van der Waals surface area contributed by atoms with Crippen LogP contribution in [-0.2, 0) is 4.74 Å². The van der Waals surface area contributed by atoms with E-state index in [4.69, 9.17) is 10.00 Å². The van der Waals surface area contributed by atoms with Gasteiger partial charge in [-0.2, -0.15) is 5.26 Å². The largest absolute Gasteiger partial charge is 0.385 e. The Kier molecular flexibility index (Phi) is 7.18. The molecular formula is C13H25N3O. The van der Waals surface area contributed by atoms with Crippen LogP contribution in [0.25, 0.3) is 0 Å². The lowest BCUT2D eigenvalue weighted by molar-refractivity contribution is 0.108.